The minimum atomic E-state index is 0.229. The summed E-state index contributed by atoms with van der Waals surface area (Å²) in [7, 11) is 0. The van der Waals surface area contributed by atoms with Crippen LogP contribution in [0.15, 0.2) is 11.8 Å². The van der Waals surface area contributed by atoms with Crippen molar-refractivity contribution in [2.45, 2.75) is 19.3 Å². The highest BCUT2D eigenvalue weighted by Gasteiger charge is 2.08. The second kappa shape index (κ2) is 4.41. The van der Waals surface area contributed by atoms with Crippen LogP contribution in [0.1, 0.15) is 19.3 Å². The summed E-state index contributed by atoms with van der Waals surface area (Å²) in [4.78, 5) is 2.11. The van der Waals surface area contributed by atoms with E-state index in [-0.39, 0.29) is 6.42 Å². The Bertz CT molecular complexity index is 248. The molecular weight excluding hydrogens is 150 g/mol. The molecule has 1 rings (SSSR count). The maximum absolute atomic E-state index is 8.62. The third-order valence-corrected chi connectivity index (χ3v) is 1.89. The Morgan fingerprint density at radius 3 is 2.50 bits per heavy atom. The lowest BCUT2D eigenvalue weighted by Gasteiger charge is -2.10. The number of nitrogens with zero attached hydrogens (tertiary/aromatic N) is 3. The molecule has 3 heteroatoms. The second-order valence-electron chi connectivity index (χ2n) is 2.84. The van der Waals surface area contributed by atoms with E-state index in [0.29, 0.717) is 5.57 Å². The highest BCUT2D eigenvalue weighted by atomic mass is 15.1. The van der Waals surface area contributed by atoms with Crippen LogP contribution >= 0.6 is 0 Å². The Morgan fingerprint density at radius 1 is 1.33 bits per heavy atom. The van der Waals surface area contributed by atoms with Crippen molar-refractivity contribution < 1.29 is 0 Å². The van der Waals surface area contributed by atoms with Crippen molar-refractivity contribution in [2.75, 3.05) is 13.1 Å². The van der Waals surface area contributed by atoms with E-state index in [9.17, 15) is 0 Å². The average Bonchev–Trinajstić information content (AvgIpc) is 2.56. The molecule has 0 unspecified atom stereocenters. The molecule has 0 radical (unpaired) electrons. The molecule has 0 bridgehead atoms. The minimum Gasteiger partial charge on any atom is -0.377 e. The number of nitriles is 2. The molecule has 0 atom stereocenters. The highest BCUT2D eigenvalue weighted by molar-refractivity contribution is 5.23. The first kappa shape index (κ1) is 8.62. The van der Waals surface area contributed by atoms with Crippen LogP contribution in [-0.2, 0) is 0 Å². The topological polar surface area (TPSA) is 50.8 Å². The highest BCUT2D eigenvalue weighted by Crippen LogP contribution is 2.10. The van der Waals surface area contributed by atoms with Gasteiger partial charge in [-0.05, 0) is 12.8 Å². The van der Waals surface area contributed by atoms with E-state index in [1.54, 1.807) is 0 Å². The molecule has 0 aromatic rings. The fraction of sp³-hybridized carbons (Fsp3) is 0.556. The van der Waals surface area contributed by atoms with E-state index in [2.05, 4.69) is 4.90 Å². The van der Waals surface area contributed by atoms with Crippen molar-refractivity contribution in [2.24, 2.45) is 0 Å². The Labute approximate surface area is 72.5 Å². The van der Waals surface area contributed by atoms with Gasteiger partial charge in [0.1, 0.15) is 0 Å². The van der Waals surface area contributed by atoms with E-state index in [4.69, 9.17) is 10.5 Å². The van der Waals surface area contributed by atoms with Gasteiger partial charge in [0, 0.05) is 19.3 Å². The number of hydrogen-bond acceptors (Lipinski definition) is 3. The lowest BCUT2D eigenvalue weighted by atomic mass is 10.2. The normalized spacial score (nSPS) is 17.2. The van der Waals surface area contributed by atoms with E-state index in [0.717, 1.165) is 13.1 Å². The first-order valence-corrected chi connectivity index (χ1v) is 4.08. The summed E-state index contributed by atoms with van der Waals surface area (Å²) < 4.78 is 0. The van der Waals surface area contributed by atoms with Gasteiger partial charge in [0.25, 0.3) is 0 Å². The van der Waals surface area contributed by atoms with Crippen LogP contribution in [0.2, 0.25) is 0 Å². The third kappa shape index (κ3) is 2.29. The fourth-order valence-corrected chi connectivity index (χ4v) is 1.29. The SMILES string of the molecule is N#CC/C(C#N)=C\N1CCCC1. The predicted octanol–water partition coefficient (Wildman–Crippen LogP) is 1.40. The van der Waals surface area contributed by atoms with E-state index in [1.165, 1.54) is 12.8 Å². The van der Waals surface area contributed by atoms with Crippen LogP contribution in [0.5, 0.6) is 0 Å². The zero-order chi connectivity index (χ0) is 8.81. The minimum absolute atomic E-state index is 0.229. The number of likely N-dealkylation sites (tertiary alicyclic amines) is 1. The molecule has 1 fully saturated rings. The van der Waals surface area contributed by atoms with Crippen LogP contribution in [0.3, 0.4) is 0 Å². The zero-order valence-corrected chi connectivity index (χ0v) is 6.95. The molecular formula is C9H11N3. The first-order valence-electron chi connectivity index (χ1n) is 4.08. The van der Waals surface area contributed by atoms with Crippen molar-refractivity contribution in [3.8, 4) is 12.1 Å². The molecule has 0 amide bonds. The lowest BCUT2D eigenvalue weighted by Crippen LogP contribution is -2.11. The van der Waals surface area contributed by atoms with Gasteiger partial charge in [-0.25, -0.2) is 0 Å². The maximum atomic E-state index is 8.62. The van der Waals surface area contributed by atoms with Gasteiger partial charge in [0.15, 0.2) is 0 Å². The van der Waals surface area contributed by atoms with Gasteiger partial charge in [-0.15, -0.1) is 0 Å². The first-order chi connectivity index (χ1) is 5.86. The van der Waals surface area contributed by atoms with Crippen LogP contribution in [0.25, 0.3) is 0 Å². The molecule has 0 spiro atoms. The molecule has 1 aliphatic rings. The predicted molar refractivity (Wildman–Crippen MR) is 44.7 cm³/mol. The molecule has 1 saturated heterocycles. The van der Waals surface area contributed by atoms with Crippen molar-refractivity contribution in [3.05, 3.63) is 11.8 Å². The summed E-state index contributed by atoms with van der Waals surface area (Å²) in [5.74, 6) is 0. The molecule has 62 valence electrons. The summed E-state index contributed by atoms with van der Waals surface area (Å²) >= 11 is 0. The molecule has 1 heterocycles. The van der Waals surface area contributed by atoms with Gasteiger partial charge in [0.2, 0.25) is 0 Å². The Kier molecular flexibility index (Phi) is 3.17. The zero-order valence-electron chi connectivity index (χ0n) is 6.95. The van der Waals surface area contributed by atoms with Crippen molar-refractivity contribution in [1.82, 2.24) is 4.90 Å². The van der Waals surface area contributed by atoms with Crippen LogP contribution in [0.4, 0.5) is 0 Å². The van der Waals surface area contributed by atoms with Crippen molar-refractivity contribution >= 4 is 0 Å². The molecule has 3 nitrogen and oxygen atoms in total. The van der Waals surface area contributed by atoms with E-state index >= 15 is 0 Å². The lowest BCUT2D eigenvalue weighted by molar-refractivity contribution is 0.465. The largest absolute Gasteiger partial charge is 0.377 e. The van der Waals surface area contributed by atoms with Gasteiger partial charge in [-0.3, -0.25) is 0 Å². The quantitative estimate of drug-likeness (QED) is 0.575. The third-order valence-electron chi connectivity index (χ3n) is 1.89. The van der Waals surface area contributed by atoms with Crippen molar-refractivity contribution in [1.29, 1.82) is 10.5 Å². The van der Waals surface area contributed by atoms with Gasteiger partial charge in [-0.2, -0.15) is 10.5 Å². The smallest absolute Gasteiger partial charge is 0.0973 e. The summed E-state index contributed by atoms with van der Waals surface area (Å²) in [5.41, 5.74) is 0.569. The van der Waals surface area contributed by atoms with E-state index < -0.39 is 0 Å². The molecule has 0 aromatic heterocycles. The number of rotatable bonds is 2. The molecule has 0 saturated carbocycles. The van der Waals surface area contributed by atoms with Gasteiger partial charge >= 0.3 is 0 Å². The summed E-state index contributed by atoms with van der Waals surface area (Å²) in [6, 6.07) is 4.00. The summed E-state index contributed by atoms with van der Waals surface area (Å²) in [5, 5.41) is 17.0. The molecule has 0 N–H and O–H groups in total. The number of hydrogen-bond donors (Lipinski definition) is 0. The van der Waals surface area contributed by atoms with Crippen LogP contribution in [0, 0.1) is 22.7 Å². The van der Waals surface area contributed by atoms with Gasteiger partial charge < -0.3 is 4.90 Å². The molecule has 12 heavy (non-hydrogen) atoms. The molecule has 1 aliphatic heterocycles. The van der Waals surface area contributed by atoms with Gasteiger partial charge in [0.05, 0.1) is 24.1 Å². The standard InChI is InChI=1S/C9H11N3/c10-4-3-9(7-11)8-12-5-1-2-6-12/h8H,1-3,5-6H2/b9-8+. The second-order valence-corrected chi connectivity index (χ2v) is 2.84. The summed E-state index contributed by atoms with van der Waals surface area (Å²) in [6.45, 7) is 2.05. The monoisotopic (exact) mass is 161 g/mol. The van der Waals surface area contributed by atoms with Crippen LogP contribution < -0.4 is 0 Å². The Hall–Kier alpha value is -1.48. The van der Waals surface area contributed by atoms with Gasteiger partial charge in [-0.1, -0.05) is 0 Å². The van der Waals surface area contributed by atoms with Crippen LogP contribution in [-0.4, -0.2) is 18.0 Å². The van der Waals surface area contributed by atoms with E-state index in [1.807, 2.05) is 18.3 Å². The number of allylic oxidation sites excluding steroid dienone is 1. The Morgan fingerprint density at radius 2 is 2.00 bits per heavy atom. The average molecular weight is 161 g/mol. The Balaban J connectivity index is 2.53. The fourth-order valence-electron chi connectivity index (χ4n) is 1.29. The van der Waals surface area contributed by atoms with Crippen molar-refractivity contribution in [3.63, 3.8) is 0 Å². The maximum Gasteiger partial charge on any atom is 0.0973 e. The molecule has 0 aromatic carbocycles. The molecule has 0 aliphatic carbocycles. The summed E-state index contributed by atoms with van der Waals surface area (Å²) in [6.07, 6.45) is 4.44.